The molecule has 2 heterocycles. The van der Waals surface area contributed by atoms with E-state index in [-0.39, 0.29) is 18.6 Å². The van der Waals surface area contributed by atoms with Gasteiger partial charge in [-0.1, -0.05) is 17.7 Å². The summed E-state index contributed by atoms with van der Waals surface area (Å²) >= 11 is 6.67. The number of pyridine rings is 1. The number of benzene rings is 2. The average Bonchev–Trinajstić information content (AvgIpc) is 3.35. The highest BCUT2D eigenvalue weighted by Crippen LogP contribution is 2.34. The maximum Gasteiger partial charge on any atom is 0.258 e. The summed E-state index contributed by atoms with van der Waals surface area (Å²) in [5.74, 6) is 6.85. The summed E-state index contributed by atoms with van der Waals surface area (Å²) in [5.41, 5.74) is 3.63. The third-order valence-electron chi connectivity index (χ3n) is 5.59. The minimum Gasteiger partial charge on any atom is -0.493 e. The summed E-state index contributed by atoms with van der Waals surface area (Å²) < 4.78 is 12.8. The summed E-state index contributed by atoms with van der Waals surface area (Å²) in [6, 6.07) is 12.7. The van der Waals surface area contributed by atoms with Crippen molar-refractivity contribution in [3.8, 4) is 28.6 Å². The molecule has 0 aliphatic heterocycles. The van der Waals surface area contributed by atoms with Crippen LogP contribution in [0.4, 0.5) is 11.6 Å². The Labute approximate surface area is 231 Å². The number of rotatable bonds is 10. The van der Waals surface area contributed by atoms with E-state index in [0.29, 0.717) is 45.1 Å². The number of nitrogens with one attached hydrogen (secondary N) is 2. The van der Waals surface area contributed by atoms with Crippen LogP contribution in [0.15, 0.2) is 60.0 Å². The number of carbonyl (C=O) groups is 1. The fraction of sp³-hybridized carbons (Fsp3) is 0.222. The molecule has 4 aromatic rings. The molecule has 0 atom stereocenters. The zero-order valence-electron chi connectivity index (χ0n) is 22.0. The van der Waals surface area contributed by atoms with Crippen molar-refractivity contribution in [3.63, 3.8) is 0 Å². The zero-order valence-corrected chi connectivity index (χ0v) is 22.7. The van der Waals surface area contributed by atoms with Gasteiger partial charge in [-0.3, -0.25) is 9.78 Å². The van der Waals surface area contributed by atoms with Gasteiger partial charge >= 0.3 is 0 Å². The van der Waals surface area contributed by atoms with Gasteiger partial charge < -0.3 is 25.9 Å². The van der Waals surface area contributed by atoms with Crippen molar-refractivity contribution in [1.29, 1.82) is 0 Å². The lowest BCUT2D eigenvalue weighted by Gasteiger charge is -2.12. The molecular weight excluding hydrogens is 520 g/mol. The van der Waals surface area contributed by atoms with E-state index in [4.69, 9.17) is 37.0 Å². The molecule has 0 fully saturated rings. The van der Waals surface area contributed by atoms with Gasteiger partial charge in [-0.05, 0) is 62.7 Å². The quantitative estimate of drug-likeness (QED) is 0.152. The SMILES string of the molecule is COc1cc(-c2nc(Nc3ccc(C)c(/C=N\N)c3Cl)n(-c3ccncc3)n2)ccc1OCC(=O)NC(C)C. The summed E-state index contributed by atoms with van der Waals surface area (Å²) in [5, 5.41) is 14.9. The molecule has 1 amide bonds. The molecule has 4 N–H and O–H groups in total. The van der Waals surface area contributed by atoms with Crippen LogP contribution < -0.4 is 25.9 Å². The number of methoxy groups -OCH3 is 1. The van der Waals surface area contributed by atoms with Crippen LogP contribution in [-0.4, -0.2) is 51.6 Å². The van der Waals surface area contributed by atoms with Crippen LogP contribution >= 0.6 is 11.6 Å². The number of nitrogens with two attached hydrogens (primary N) is 1. The lowest BCUT2D eigenvalue weighted by molar-refractivity contribution is -0.123. The third kappa shape index (κ3) is 6.44. The minimum absolute atomic E-state index is 0.0185. The number of halogens is 1. The molecule has 12 heteroatoms. The van der Waals surface area contributed by atoms with Crippen molar-refractivity contribution in [2.45, 2.75) is 26.8 Å². The van der Waals surface area contributed by atoms with E-state index >= 15 is 0 Å². The monoisotopic (exact) mass is 548 g/mol. The molecule has 11 nitrogen and oxygen atoms in total. The van der Waals surface area contributed by atoms with Gasteiger partial charge in [0.25, 0.3) is 5.91 Å². The van der Waals surface area contributed by atoms with Crippen molar-refractivity contribution < 1.29 is 14.3 Å². The number of aromatic nitrogens is 4. The highest BCUT2D eigenvalue weighted by molar-refractivity contribution is 6.36. The summed E-state index contributed by atoms with van der Waals surface area (Å²) in [4.78, 5) is 20.8. The predicted molar refractivity (Wildman–Crippen MR) is 151 cm³/mol. The van der Waals surface area contributed by atoms with E-state index in [2.05, 4.69) is 20.7 Å². The maximum absolute atomic E-state index is 12.0. The summed E-state index contributed by atoms with van der Waals surface area (Å²) in [6.07, 6.45) is 4.84. The molecule has 0 bridgehead atoms. The number of hydrogen-bond donors (Lipinski definition) is 3. The molecule has 0 saturated carbocycles. The molecule has 0 radical (unpaired) electrons. The Morgan fingerprint density at radius 1 is 1.18 bits per heavy atom. The van der Waals surface area contributed by atoms with Crippen LogP contribution in [0.2, 0.25) is 5.02 Å². The van der Waals surface area contributed by atoms with Crippen LogP contribution in [0, 0.1) is 6.92 Å². The highest BCUT2D eigenvalue weighted by Gasteiger charge is 2.18. The van der Waals surface area contributed by atoms with Crippen LogP contribution in [0.5, 0.6) is 11.5 Å². The lowest BCUT2D eigenvalue weighted by atomic mass is 10.1. The second-order valence-electron chi connectivity index (χ2n) is 8.81. The van der Waals surface area contributed by atoms with E-state index in [9.17, 15) is 4.79 Å². The van der Waals surface area contributed by atoms with E-state index in [1.165, 1.54) is 13.3 Å². The lowest BCUT2D eigenvalue weighted by Crippen LogP contribution is -2.34. The Morgan fingerprint density at radius 3 is 2.64 bits per heavy atom. The standard InChI is InChI=1S/C27H29ClN8O3/c1-16(2)32-24(37)15-39-22-8-6-18(13-23(22)38-4)26-34-27(36(35-26)19-9-11-30-12-10-19)33-21-7-5-17(3)20(14-31-29)25(21)28/h5-14,16H,15,29H2,1-4H3,(H,32,37)(H,33,34,35)/b31-14-. The van der Waals surface area contributed by atoms with Crippen molar-refractivity contribution in [2.24, 2.45) is 10.9 Å². The first-order chi connectivity index (χ1) is 18.8. The van der Waals surface area contributed by atoms with Gasteiger partial charge in [0.15, 0.2) is 23.9 Å². The number of ether oxygens (including phenoxy) is 2. The largest absolute Gasteiger partial charge is 0.493 e. The molecule has 2 aromatic heterocycles. The highest BCUT2D eigenvalue weighted by atomic mass is 35.5. The molecular formula is C27H29ClN8O3. The Morgan fingerprint density at radius 2 is 1.95 bits per heavy atom. The van der Waals surface area contributed by atoms with Gasteiger partial charge in [0.2, 0.25) is 5.95 Å². The van der Waals surface area contributed by atoms with Crippen molar-refractivity contribution >= 4 is 35.4 Å². The number of nitrogens with zero attached hydrogens (tertiary/aromatic N) is 5. The van der Waals surface area contributed by atoms with Crippen LogP contribution in [0.3, 0.4) is 0 Å². The molecule has 202 valence electrons. The fourth-order valence-electron chi connectivity index (χ4n) is 3.75. The second-order valence-corrected chi connectivity index (χ2v) is 9.19. The molecule has 0 saturated heterocycles. The van der Waals surface area contributed by atoms with Gasteiger partial charge in [0, 0.05) is 29.6 Å². The summed E-state index contributed by atoms with van der Waals surface area (Å²) in [7, 11) is 1.53. The number of hydrogen-bond acceptors (Lipinski definition) is 9. The van der Waals surface area contributed by atoms with E-state index in [0.717, 1.165) is 11.3 Å². The van der Waals surface area contributed by atoms with Crippen molar-refractivity contribution in [1.82, 2.24) is 25.1 Å². The van der Waals surface area contributed by atoms with Crippen LogP contribution in [-0.2, 0) is 4.79 Å². The zero-order chi connectivity index (χ0) is 27.9. The Hall–Kier alpha value is -4.64. The van der Waals surface area contributed by atoms with Crippen molar-refractivity contribution in [2.75, 3.05) is 19.0 Å². The number of anilines is 2. The Balaban J connectivity index is 1.70. The fourth-order valence-corrected chi connectivity index (χ4v) is 4.06. The number of amides is 1. The number of hydrazone groups is 1. The predicted octanol–water partition coefficient (Wildman–Crippen LogP) is 4.24. The maximum atomic E-state index is 12.0. The van der Waals surface area contributed by atoms with E-state index < -0.39 is 0 Å². The average molecular weight is 549 g/mol. The molecule has 0 aliphatic rings. The number of aryl methyl sites for hydroxylation is 1. The van der Waals surface area contributed by atoms with Crippen molar-refractivity contribution in [3.05, 3.63) is 71.0 Å². The van der Waals surface area contributed by atoms with Crippen LogP contribution in [0.25, 0.3) is 17.1 Å². The minimum atomic E-state index is -0.222. The van der Waals surface area contributed by atoms with Gasteiger partial charge in [-0.2, -0.15) is 14.8 Å². The molecule has 4 rings (SSSR count). The molecule has 0 aliphatic carbocycles. The molecule has 0 unspecified atom stereocenters. The van der Waals surface area contributed by atoms with Gasteiger partial charge in [-0.25, -0.2) is 0 Å². The Bertz CT molecular complexity index is 1490. The van der Waals surface area contributed by atoms with Gasteiger partial charge in [0.1, 0.15) is 0 Å². The molecule has 2 aromatic carbocycles. The second kappa shape index (κ2) is 12.3. The number of carbonyl (C=O) groups excluding carboxylic acids is 1. The first-order valence-electron chi connectivity index (χ1n) is 12.1. The van der Waals surface area contributed by atoms with E-state index in [1.807, 2.05) is 45.0 Å². The van der Waals surface area contributed by atoms with Gasteiger partial charge in [0.05, 0.1) is 29.7 Å². The molecule has 39 heavy (non-hydrogen) atoms. The first kappa shape index (κ1) is 27.4. The normalized spacial score (nSPS) is 11.1. The van der Waals surface area contributed by atoms with E-state index in [1.54, 1.807) is 35.3 Å². The van der Waals surface area contributed by atoms with Crippen LogP contribution in [0.1, 0.15) is 25.0 Å². The first-order valence-corrected chi connectivity index (χ1v) is 12.5. The molecule has 0 spiro atoms. The topological polar surface area (TPSA) is 142 Å². The third-order valence-corrected chi connectivity index (χ3v) is 6.00. The smallest absolute Gasteiger partial charge is 0.258 e. The van der Waals surface area contributed by atoms with Gasteiger partial charge in [-0.15, -0.1) is 5.10 Å². The summed E-state index contributed by atoms with van der Waals surface area (Å²) in [6.45, 7) is 5.55. The Kier molecular flexibility index (Phi) is 8.62.